The first-order valence-electron chi connectivity index (χ1n) is 10.0. The number of benzene rings is 2. The molecule has 0 aliphatic carbocycles. The molecule has 2 aromatic heterocycles. The summed E-state index contributed by atoms with van der Waals surface area (Å²) >= 11 is 5.85. The minimum Gasteiger partial charge on any atom is -0.322 e. The molecule has 2 N–H and O–H groups in total. The Balaban J connectivity index is 1.57. The second-order valence-electron chi connectivity index (χ2n) is 7.40. The monoisotopic (exact) mass is 480 g/mol. The Morgan fingerprint density at radius 3 is 2.39 bits per heavy atom. The largest absolute Gasteiger partial charge is 0.322 e. The first-order valence-corrected chi connectivity index (χ1v) is 11.9. The summed E-state index contributed by atoms with van der Waals surface area (Å²) < 4.78 is 30.0. The van der Waals surface area contributed by atoms with E-state index < -0.39 is 10.0 Å². The van der Waals surface area contributed by atoms with Crippen molar-refractivity contribution in [3.8, 4) is 5.82 Å². The predicted molar refractivity (Wildman–Crippen MR) is 130 cm³/mol. The fourth-order valence-electron chi connectivity index (χ4n) is 3.50. The minimum atomic E-state index is -3.85. The molecule has 2 aromatic carbocycles. The standard InChI is InChI=1S/C24H21ClN4O3S/c1-16-14-22(17(2)29(16)23-8-3-4-13-26-23)24(30)27-20-6-5-7-21(15-20)33(31,32)28-19-11-9-18(25)10-12-19/h3-15,28H,1-2H3,(H,27,30). The third-order valence-corrected chi connectivity index (χ3v) is 6.68. The molecule has 4 aromatic rings. The zero-order valence-electron chi connectivity index (χ0n) is 17.9. The Morgan fingerprint density at radius 1 is 0.939 bits per heavy atom. The molecule has 33 heavy (non-hydrogen) atoms. The van der Waals surface area contributed by atoms with E-state index in [-0.39, 0.29) is 10.8 Å². The van der Waals surface area contributed by atoms with Crippen LogP contribution in [0.25, 0.3) is 5.82 Å². The Morgan fingerprint density at radius 2 is 1.70 bits per heavy atom. The molecule has 0 radical (unpaired) electrons. The summed E-state index contributed by atoms with van der Waals surface area (Å²) in [6.07, 6.45) is 1.69. The number of sulfonamides is 1. The number of hydrogen-bond acceptors (Lipinski definition) is 4. The van der Waals surface area contributed by atoms with Gasteiger partial charge in [-0.05, 0) is 74.5 Å². The van der Waals surface area contributed by atoms with Crippen molar-refractivity contribution in [1.82, 2.24) is 9.55 Å². The lowest BCUT2D eigenvalue weighted by molar-refractivity contribution is 0.102. The normalized spacial score (nSPS) is 11.2. The maximum absolute atomic E-state index is 13.0. The number of amides is 1. The summed E-state index contributed by atoms with van der Waals surface area (Å²) in [4.78, 5) is 17.4. The number of aromatic nitrogens is 2. The number of nitrogens with zero attached hydrogens (tertiary/aromatic N) is 2. The molecular formula is C24H21ClN4O3S. The highest BCUT2D eigenvalue weighted by Gasteiger charge is 2.19. The van der Waals surface area contributed by atoms with Crippen molar-refractivity contribution < 1.29 is 13.2 Å². The van der Waals surface area contributed by atoms with E-state index in [0.717, 1.165) is 11.4 Å². The summed E-state index contributed by atoms with van der Waals surface area (Å²) in [5.74, 6) is 0.374. The molecule has 1 amide bonds. The SMILES string of the molecule is Cc1cc(C(=O)Nc2cccc(S(=O)(=O)Nc3ccc(Cl)cc3)c2)c(C)n1-c1ccccn1. The van der Waals surface area contributed by atoms with Crippen LogP contribution in [0.1, 0.15) is 21.7 Å². The van der Waals surface area contributed by atoms with Gasteiger partial charge in [-0.25, -0.2) is 13.4 Å². The number of hydrogen-bond donors (Lipinski definition) is 2. The Hall–Kier alpha value is -3.62. The van der Waals surface area contributed by atoms with Gasteiger partial charge < -0.3 is 9.88 Å². The summed E-state index contributed by atoms with van der Waals surface area (Å²) in [5, 5.41) is 3.30. The van der Waals surface area contributed by atoms with Crippen LogP contribution < -0.4 is 10.0 Å². The molecule has 9 heteroatoms. The van der Waals surface area contributed by atoms with Gasteiger partial charge in [0, 0.05) is 34.0 Å². The van der Waals surface area contributed by atoms with Crippen LogP contribution in [0.3, 0.4) is 0 Å². The van der Waals surface area contributed by atoms with E-state index in [0.29, 0.717) is 27.8 Å². The van der Waals surface area contributed by atoms with E-state index in [2.05, 4.69) is 15.0 Å². The van der Waals surface area contributed by atoms with Gasteiger partial charge in [0.1, 0.15) is 5.82 Å². The summed E-state index contributed by atoms with van der Waals surface area (Å²) in [7, 11) is -3.85. The van der Waals surface area contributed by atoms with Gasteiger partial charge in [-0.3, -0.25) is 9.52 Å². The van der Waals surface area contributed by atoms with Crippen molar-refractivity contribution in [2.75, 3.05) is 10.0 Å². The second kappa shape index (κ2) is 9.09. The molecule has 0 unspecified atom stereocenters. The van der Waals surface area contributed by atoms with Gasteiger partial charge in [-0.15, -0.1) is 0 Å². The predicted octanol–water partition coefficient (Wildman–Crippen LogP) is 5.20. The molecule has 0 spiro atoms. The van der Waals surface area contributed by atoms with Crippen LogP contribution in [-0.4, -0.2) is 23.9 Å². The first kappa shape index (κ1) is 22.6. The molecule has 0 aliphatic heterocycles. The van der Waals surface area contributed by atoms with E-state index >= 15 is 0 Å². The lowest BCUT2D eigenvalue weighted by Gasteiger charge is -2.11. The number of pyridine rings is 1. The number of halogens is 1. The molecule has 7 nitrogen and oxygen atoms in total. The van der Waals surface area contributed by atoms with Crippen molar-refractivity contribution in [2.24, 2.45) is 0 Å². The molecular weight excluding hydrogens is 460 g/mol. The quantitative estimate of drug-likeness (QED) is 0.397. The van der Waals surface area contributed by atoms with Crippen molar-refractivity contribution in [2.45, 2.75) is 18.7 Å². The molecule has 4 rings (SSSR count). The van der Waals surface area contributed by atoms with Gasteiger partial charge in [-0.2, -0.15) is 0 Å². The molecule has 0 saturated carbocycles. The summed E-state index contributed by atoms with van der Waals surface area (Å²) in [6.45, 7) is 3.74. The van der Waals surface area contributed by atoms with E-state index in [1.165, 1.54) is 12.1 Å². The Bertz CT molecular complexity index is 1420. The van der Waals surface area contributed by atoms with Crippen LogP contribution in [0.5, 0.6) is 0 Å². The average molecular weight is 481 g/mol. The van der Waals surface area contributed by atoms with Crippen LogP contribution in [0.2, 0.25) is 5.02 Å². The van der Waals surface area contributed by atoms with Crippen molar-refractivity contribution in [1.29, 1.82) is 0 Å². The highest BCUT2D eigenvalue weighted by molar-refractivity contribution is 7.92. The highest BCUT2D eigenvalue weighted by atomic mass is 35.5. The second-order valence-corrected chi connectivity index (χ2v) is 9.52. The smallest absolute Gasteiger partial charge is 0.261 e. The third-order valence-electron chi connectivity index (χ3n) is 5.05. The van der Waals surface area contributed by atoms with Crippen LogP contribution in [0, 0.1) is 13.8 Å². The van der Waals surface area contributed by atoms with Gasteiger partial charge in [0.05, 0.1) is 10.5 Å². The number of nitrogens with one attached hydrogen (secondary N) is 2. The first-order chi connectivity index (χ1) is 15.7. The molecule has 0 saturated heterocycles. The minimum absolute atomic E-state index is 0.0224. The maximum atomic E-state index is 13.0. The number of anilines is 2. The van der Waals surface area contributed by atoms with E-state index in [4.69, 9.17) is 11.6 Å². The lowest BCUT2D eigenvalue weighted by atomic mass is 10.2. The number of carbonyl (C=O) groups excluding carboxylic acids is 1. The van der Waals surface area contributed by atoms with Crippen molar-refractivity contribution in [3.63, 3.8) is 0 Å². The third kappa shape index (κ3) is 4.92. The van der Waals surface area contributed by atoms with Gasteiger partial charge >= 0.3 is 0 Å². The number of rotatable bonds is 6. The van der Waals surface area contributed by atoms with E-state index in [9.17, 15) is 13.2 Å². The van der Waals surface area contributed by atoms with Crippen LogP contribution in [-0.2, 0) is 10.0 Å². The molecule has 168 valence electrons. The summed E-state index contributed by atoms with van der Waals surface area (Å²) in [6, 6.07) is 19.8. The molecule has 0 bridgehead atoms. The Kier molecular flexibility index (Phi) is 6.22. The highest BCUT2D eigenvalue weighted by Crippen LogP contribution is 2.23. The van der Waals surface area contributed by atoms with E-state index in [1.54, 1.807) is 48.7 Å². The zero-order chi connectivity index (χ0) is 23.6. The fraction of sp³-hybridized carbons (Fsp3) is 0.0833. The van der Waals surface area contributed by atoms with Gasteiger partial charge in [0.25, 0.3) is 15.9 Å². The Labute approximate surface area is 197 Å². The molecule has 0 fully saturated rings. The maximum Gasteiger partial charge on any atom is 0.261 e. The molecule has 0 aliphatic rings. The van der Waals surface area contributed by atoms with E-state index in [1.807, 2.05) is 36.6 Å². The lowest BCUT2D eigenvalue weighted by Crippen LogP contribution is -2.15. The van der Waals surface area contributed by atoms with Gasteiger partial charge in [0.2, 0.25) is 0 Å². The topological polar surface area (TPSA) is 93.1 Å². The van der Waals surface area contributed by atoms with Crippen LogP contribution >= 0.6 is 11.6 Å². The van der Waals surface area contributed by atoms with Crippen molar-refractivity contribution >= 4 is 38.9 Å². The fourth-order valence-corrected chi connectivity index (χ4v) is 4.73. The molecule has 0 atom stereocenters. The van der Waals surface area contributed by atoms with Crippen LogP contribution in [0.4, 0.5) is 11.4 Å². The van der Waals surface area contributed by atoms with Gasteiger partial charge in [0.15, 0.2) is 0 Å². The molecule has 2 heterocycles. The number of carbonyl (C=O) groups is 1. The number of aryl methyl sites for hydroxylation is 1. The van der Waals surface area contributed by atoms with Crippen molar-refractivity contribution in [3.05, 3.63) is 101 Å². The summed E-state index contributed by atoms with van der Waals surface area (Å²) in [5.41, 5.74) is 2.82. The van der Waals surface area contributed by atoms with Gasteiger partial charge in [-0.1, -0.05) is 23.7 Å². The zero-order valence-corrected chi connectivity index (χ0v) is 19.5. The van der Waals surface area contributed by atoms with Crippen LogP contribution in [0.15, 0.2) is 83.9 Å². The average Bonchev–Trinajstić information content (AvgIpc) is 3.10.